The molecule has 0 unspecified atom stereocenters. The summed E-state index contributed by atoms with van der Waals surface area (Å²) in [6.07, 6.45) is 0. The average Bonchev–Trinajstić information content (AvgIpc) is 3.85. The standard InChI is InChI=1S/C58H40N4/c1-61-54-34-42(28-31-52(54)59-57(61)38-17-8-4-9-18-38)44-22-13-25-48-50(44)36-51-45(43-29-32-53-55(35-43)62(2)58(60-53)39-19-10-5-11-20-39)23-14-26-49(51)56(48)47-24-12-21-41-33-40(27-30-46(41)47)37-15-6-3-7-16-37/h3-36H,1-2H3. The Morgan fingerprint density at radius 1 is 0.306 bits per heavy atom. The van der Waals surface area contributed by atoms with Crippen LogP contribution in [0.3, 0.4) is 0 Å². The van der Waals surface area contributed by atoms with Crippen LogP contribution in [-0.4, -0.2) is 19.1 Å². The van der Waals surface area contributed by atoms with Gasteiger partial charge in [-0.1, -0.05) is 170 Å². The van der Waals surface area contributed by atoms with Gasteiger partial charge in [0.2, 0.25) is 0 Å². The summed E-state index contributed by atoms with van der Waals surface area (Å²) in [7, 11) is 4.24. The molecule has 0 saturated heterocycles. The van der Waals surface area contributed by atoms with Crippen LogP contribution in [0.1, 0.15) is 0 Å². The number of aryl methyl sites for hydroxylation is 2. The minimum Gasteiger partial charge on any atom is -0.327 e. The van der Waals surface area contributed by atoms with Gasteiger partial charge in [-0.3, -0.25) is 0 Å². The lowest BCUT2D eigenvalue weighted by Gasteiger charge is -2.19. The SMILES string of the molecule is Cn1c(-c2ccccc2)nc2ccc(-c3cccc4c(-c5cccc6cc(-c7ccccc7)ccc56)c5cccc(-c6ccc7nc(-c8ccccc8)n(C)c7c6)c5cc34)cc21. The third-order valence-electron chi connectivity index (χ3n) is 12.7. The zero-order chi connectivity index (χ0) is 41.3. The van der Waals surface area contributed by atoms with E-state index in [-0.39, 0.29) is 0 Å². The molecule has 12 rings (SSSR count). The van der Waals surface area contributed by atoms with E-state index in [9.17, 15) is 0 Å². The number of benzene rings is 10. The summed E-state index contributed by atoms with van der Waals surface area (Å²) in [5.74, 6) is 1.92. The number of rotatable bonds is 6. The molecule has 2 aromatic heterocycles. The van der Waals surface area contributed by atoms with Crippen LogP contribution in [0.5, 0.6) is 0 Å². The van der Waals surface area contributed by atoms with Gasteiger partial charge in [-0.15, -0.1) is 0 Å². The predicted octanol–water partition coefficient (Wildman–Crippen LogP) is 14.9. The first-order valence-electron chi connectivity index (χ1n) is 21.2. The van der Waals surface area contributed by atoms with Gasteiger partial charge in [-0.2, -0.15) is 0 Å². The van der Waals surface area contributed by atoms with Crippen LogP contribution in [0.25, 0.3) is 122 Å². The van der Waals surface area contributed by atoms with Crippen molar-refractivity contribution in [2.45, 2.75) is 0 Å². The molecule has 0 fully saturated rings. The van der Waals surface area contributed by atoms with Crippen LogP contribution >= 0.6 is 0 Å². The first-order valence-corrected chi connectivity index (χ1v) is 21.2. The summed E-state index contributed by atoms with van der Waals surface area (Å²) in [5, 5.41) is 7.29. The Kier molecular flexibility index (Phi) is 8.26. The summed E-state index contributed by atoms with van der Waals surface area (Å²) < 4.78 is 4.44. The highest BCUT2D eigenvalue weighted by atomic mass is 15.1. The number of hydrogen-bond donors (Lipinski definition) is 0. The molecule has 10 aromatic carbocycles. The Bertz CT molecular complexity index is 3510. The Balaban J connectivity index is 1.11. The summed E-state index contributed by atoms with van der Waals surface area (Å²) in [4.78, 5) is 10.2. The molecule has 0 aliphatic heterocycles. The van der Waals surface area contributed by atoms with Gasteiger partial charge < -0.3 is 9.13 Å². The maximum atomic E-state index is 5.08. The van der Waals surface area contributed by atoms with Crippen LogP contribution in [0, 0.1) is 0 Å². The number of fused-ring (bicyclic) bond motifs is 5. The van der Waals surface area contributed by atoms with Gasteiger partial charge in [-0.25, -0.2) is 9.97 Å². The second kappa shape index (κ2) is 14.3. The van der Waals surface area contributed by atoms with Crippen LogP contribution in [-0.2, 0) is 14.1 Å². The van der Waals surface area contributed by atoms with E-state index >= 15 is 0 Å². The zero-order valence-corrected chi connectivity index (χ0v) is 34.4. The van der Waals surface area contributed by atoms with Crippen molar-refractivity contribution in [3.63, 3.8) is 0 Å². The van der Waals surface area contributed by atoms with Crippen molar-refractivity contribution in [1.29, 1.82) is 0 Å². The highest BCUT2D eigenvalue weighted by Gasteiger charge is 2.20. The quantitative estimate of drug-likeness (QED) is 0.157. The smallest absolute Gasteiger partial charge is 0.140 e. The topological polar surface area (TPSA) is 35.6 Å². The third-order valence-corrected chi connectivity index (χ3v) is 12.7. The molecular weight excluding hydrogens is 753 g/mol. The van der Waals surface area contributed by atoms with Crippen molar-refractivity contribution >= 4 is 54.4 Å². The molecule has 0 aliphatic carbocycles. The summed E-state index contributed by atoms with van der Waals surface area (Å²) in [6, 6.07) is 74.7. The highest BCUT2D eigenvalue weighted by Crippen LogP contribution is 2.46. The number of imidazole rings is 2. The fourth-order valence-electron chi connectivity index (χ4n) is 9.68. The average molecular weight is 793 g/mol. The fraction of sp³-hybridized carbons (Fsp3) is 0.0345. The molecule has 12 aromatic rings. The maximum Gasteiger partial charge on any atom is 0.140 e. The van der Waals surface area contributed by atoms with Crippen molar-refractivity contribution in [1.82, 2.24) is 19.1 Å². The molecular formula is C58H40N4. The van der Waals surface area contributed by atoms with E-state index < -0.39 is 0 Å². The van der Waals surface area contributed by atoms with Gasteiger partial charge in [0.25, 0.3) is 0 Å². The molecule has 292 valence electrons. The molecule has 0 amide bonds. The van der Waals surface area contributed by atoms with Gasteiger partial charge in [0.05, 0.1) is 22.1 Å². The van der Waals surface area contributed by atoms with Gasteiger partial charge >= 0.3 is 0 Å². The minimum absolute atomic E-state index is 0.959. The fourth-order valence-corrected chi connectivity index (χ4v) is 9.68. The Morgan fingerprint density at radius 3 is 1.31 bits per heavy atom. The van der Waals surface area contributed by atoms with Crippen molar-refractivity contribution in [3.05, 3.63) is 206 Å². The summed E-state index contributed by atoms with van der Waals surface area (Å²) >= 11 is 0. The van der Waals surface area contributed by atoms with Crippen LogP contribution < -0.4 is 0 Å². The van der Waals surface area contributed by atoms with E-state index in [2.05, 4.69) is 217 Å². The molecule has 0 radical (unpaired) electrons. The lowest BCUT2D eigenvalue weighted by atomic mass is 9.84. The molecule has 62 heavy (non-hydrogen) atoms. The number of aromatic nitrogens is 4. The Morgan fingerprint density at radius 2 is 0.774 bits per heavy atom. The Hall–Kier alpha value is -8.08. The first kappa shape index (κ1) is 35.8. The summed E-state index contributed by atoms with van der Waals surface area (Å²) in [6.45, 7) is 0. The molecule has 0 saturated carbocycles. The monoisotopic (exact) mass is 792 g/mol. The molecule has 0 bridgehead atoms. The van der Waals surface area contributed by atoms with Gasteiger partial charge in [-0.05, 0) is 113 Å². The number of nitrogens with zero attached hydrogens (tertiary/aromatic N) is 4. The van der Waals surface area contributed by atoms with Gasteiger partial charge in [0, 0.05) is 25.2 Å². The lowest BCUT2D eigenvalue weighted by molar-refractivity contribution is 0.959. The van der Waals surface area contributed by atoms with Crippen molar-refractivity contribution < 1.29 is 0 Å². The van der Waals surface area contributed by atoms with E-state index in [0.29, 0.717) is 0 Å². The second-order valence-corrected chi connectivity index (χ2v) is 16.3. The predicted molar refractivity (Wildman–Crippen MR) is 260 cm³/mol. The van der Waals surface area contributed by atoms with E-state index in [0.717, 1.165) is 56.0 Å². The minimum atomic E-state index is 0.959. The molecule has 0 aliphatic rings. The zero-order valence-electron chi connectivity index (χ0n) is 34.4. The highest BCUT2D eigenvalue weighted by molar-refractivity contribution is 6.22. The molecule has 2 heterocycles. The largest absolute Gasteiger partial charge is 0.327 e. The van der Waals surface area contributed by atoms with Gasteiger partial charge in [0.1, 0.15) is 11.6 Å². The number of hydrogen-bond acceptors (Lipinski definition) is 2. The normalized spacial score (nSPS) is 11.7. The first-order chi connectivity index (χ1) is 30.6. The van der Waals surface area contributed by atoms with Crippen LogP contribution in [0.4, 0.5) is 0 Å². The lowest BCUT2D eigenvalue weighted by Crippen LogP contribution is -1.93. The molecule has 4 nitrogen and oxygen atoms in total. The summed E-state index contributed by atoms with van der Waals surface area (Å²) in [5.41, 5.74) is 15.9. The molecule has 0 atom stereocenters. The molecule has 0 N–H and O–H groups in total. The van der Waals surface area contributed by atoms with E-state index in [1.165, 1.54) is 65.7 Å². The van der Waals surface area contributed by atoms with E-state index in [4.69, 9.17) is 9.97 Å². The van der Waals surface area contributed by atoms with Crippen LogP contribution in [0.2, 0.25) is 0 Å². The van der Waals surface area contributed by atoms with Crippen molar-refractivity contribution in [3.8, 4) is 67.3 Å². The van der Waals surface area contributed by atoms with Gasteiger partial charge in [0.15, 0.2) is 0 Å². The maximum absolute atomic E-state index is 5.08. The Labute approximate surface area is 359 Å². The second-order valence-electron chi connectivity index (χ2n) is 16.3. The molecule has 0 spiro atoms. The molecule has 4 heteroatoms. The van der Waals surface area contributed by atoms with Crippen LogP contribution in [0.15, 0.2) is 206 Å². The van der Waals surface area contributed by atoms with Crippen molar-refractivity contribution in [2.75, 3.05) is 0 Å². The van der Waals surface area contributed by atoms with E-state index in [1.54, 1.807) is 0 Å². The third kappa shape index (κ3) is 5.76. The van der Waals surface area contributed by atoms with Crippen molar-refractivity contribution in [2.24, 2.45) is 14.1 Å². The van der Waals surface area contributed by atoms with E-state index in [1.807, 2.05) is 12.1 Å².